The Morgan fingerprint density at radius 2 is 2.00 bits per heavy atom. The quantitative estimate of drug-likeness (QED) is 0.713. The van der Waals surface area contributed by atoms with Crippen molar-refractivity contribution in [1.82, 2.24) is 4.98 Å². The van der Waals surface area contributed by atoms with Gasteiger partial charge in [0.25, 0.3) is 5.91 Å². The van der Waals surface area contributed by atoms with Crippen LogP contribution in [0.2, 0.25) is 0 Å². The fourth-order valence-electron chi connectivity index (χ4n) is 1.76. The van der Waals surface area contributed by atoms with E-state index in [1.54, 1.807) is 24.3 Å². The number of aromatic amines is 1. The number of carbonyl (C=O) groups is 2. The first-order valence-corrected chi connectivity index (χ1v) is 4.70. The molecule has 0 radical (unpaired) electrons. The predicted molar refractivity (Wildman–Crippen MR) is 58.2 cm³/mol. The summed E-state index contributed by atoms with van der Waals surface area (Å²) in [5.74, 6) is -1.62. The van der Waals surface area contributed by atoms with Gasteiger partial charge < -0.3 is 15.8 Å². The van der Waals surface area contributed by atoms with Crippen LogP contribution in [0.1, 0.15) is 16.1 Å². The molecule has 4 N–H and O–H groups in total. The Morgan fingerprint density at radius 1 is 1.31 bits per heavy atom. The molecule has 0 saturated carbocycles. The van der Waals surface area contributed by atoms with Crippen molar-refractivity contribution in [1.29, 1.82) is 0 Å². The number of carboxylic acid groups (broad SMARTS) is 1. The van der Waals surface area contributed by atoms with Crippen LogP contribution in [0.25, 0.3) is 10.9 Å². The molecular weight excluding hydrogens is 208 g/mol. The predicted octanol–water partition coefficient (Wildman–Crippen LogP) is 0.894. The number of aliphatic carboxylic acids is 1. The van der Waals surface area contributed by atoms with Gasteiger partial charge in [-0.1, -0.05) is 18.2 Å². The summed E-state index contributed by atoms with van der Waals surface area (Å²) in [6, 6.07) is 7.08. The number of nitrogens with two attached hydrogens (primary N) is 1. The fraction of sp³-hybridized carbons (Fsp3) is 0.0909. The number of carboxylic acids is 1. The number of nitrogens with one attached hydrogen (secondary N) is 1. The van der Waals surface area contributed by atoms with Gasteiger partial charge in [-0.15, -0.1) is 0 Å². The molecule has 0 aliphatic rings. The summed E-state index contributed by atoms with van der Waals surface area (Å²) in [7, 11) is 0. The van der Waals surface area contributed by atoms with Gasteiger partial charge in [0.05, 0.1) is 12.0 Å². The van der Waals surface area contributed by atoms with E-state index in [0.717, 1.165) is 0 Å². The first kappa shape index (κ1) is 10.2. The number of fused-ring (bicyclic) bond motifs is 1. The normalized spacial score (nSPS) is 10.5. The minimum absolute atomic E-state index is 0.243. The average molecular weight is 218 g/mol. The summed E-state index contributed by atoms with van der Waals surface area (Å²) >= 11 is 0. The maximum Gasteiger partial charge on any atom is 0.309 e. The lowest BCUT2D eigenvalue weighted by molar-refractivity contribution is -0.136. The molecule has 0 atom stereocenters. The summed E-state index contributed by atoms with van der Waals surface area (Å²) < 4.78 is 0. The second-order valence-electron chi connectivity index (χ2n) is 3.46. The zero-order chi connectivity index (χ0) is 11.7. The number of hydrogen-bond acceptors (Lipinski definition) is 2. The number of aromatic nitrogens is 1. The Hall–Kier alpha value is -2.30. The van der Waals surface area contributed by atoms with Crippen molar-refractivity contribution in [3.63, 3.8) is 0 Å². The number of para-hydroxylation sites is 1. The van der Waals surface area contributed by atoms with Crippen molar-refractivity contribution >= 4 is 22.8 Å². The van der Waals surface area contributed by atoms with Gasteiger partial charge in [-0.3, -0.25) is 9.59 Å². The zero-order valence-corrected chi connectivity index (χ0v) is 8.36. The molecule has 0 unspecified atom stereocenters. The van der Waals surface area contributed by atoms with Gasteiger partial charge in [0.1, 0.15) is 0 Å². The van der Waals surface area contributed by atoms with Gasteiger partial charge in [0.15, 0.2) is 0 Å². The van der Waals surface area contributed by atoms with E-state index in [0.29, 0.717) is 16.6 Å². The smallest absolute Gasteiger partial charge is 0.309 e. The minimum atomic E-state index is -1.01. The first-order chi connectivity index (χ1) is 7.59. The van der Waals surface area contributed by atoms with Gasteiger partial charge in [-0.2, -0.15) is 0 Å². The largest absolute Gasteiger partial charge is 0.481 e. The molecule has 16 heavy (non-hydrogen) atoms. The topological polar surface area (TPSA) is 96.2 Å². The van der Waals surface area contributed by atoms with Crippen LogP contribution in [0.4, 0.5) is 0 Å². The molecule has 82 valence electrons. The lowest BCUT2D eigenvalue weighted by atomic mass is 10.1. The highest BCUT2D eigenvalue weighted by Crippen LogP contribution is 2.22. The standard InChI is InChI=1S/C11H10N2O3/c12-11(16)10-6-3-1-2-4-7(6)13-8(10)5-9(14)15/h1-4,13H,5H2,(H2,12,16)(H,14,15). The van der Waals surface area contributed by atoms with E-state index in [-0.39, 0.29) is 12.0 Å². The molecule has 0 fully saturated rings. The van der Waals surface area contributed by atoms with Gasteiger partial charge in [-0.25, -0.2) is 0 Å². The summed E-state index contributed by atoms with van der Waals surface area (Å²) in [6.07, 6.45) is -0.243. The van der Waals surface area contributed by atoms with Crippen LogP contribution in [-0.2, 0) is 11.2 Å². The SMILES string of the molecule is NC(=O)c1c(CC(=O)O)[nH]c2ccccc12. The number of H-pyrrole nitrogens is 1. The average Bonchev–Trinajstić information content (AvgIpc) is 2.53. The van der Waals surface area contributed by atoms with Crippen molar-refractivity contribution < 1.29 is 14.7 Å². The molecule has 0 aliphatic heterocycles. The molecule has 1 amide bonds. The molecule has 1 heterocycles. The van der Waals surface area contributed by atoms with E-state index in [4.69, 9.17) is 10.8 Å². The van der Waals surface area contributed by atoms with Crippen LogP contribution in [0, 0.1) is 0 Å². The maximum atomic E-state index is 11.3. The Kier molecular flexibility index (Phi) is 2.36. The number of carbonyl (C=O) groups excluding carboxylic acids is 1. The highest BCUT2D eigenvalue weighted by Gasteiger charge is 2.17. The lowest BCUT2D eigenvalue weighted by Gasteiger charge is -1.96. The summed E-state index contributed by atoms with van der Waals surface area (Å²) in [5.41, 5.74) is 6.57. The first-order valence-electron chi connectivity index (χ1n) is 4.70. The van der Waals surface area contributed by atoms with Crippen molar-refractivity contribution in [2.75, 3.05) is 0 Å². The van der Waals surface area contributed by atoms with Crippen LogP contribution in [0.3, 0.4) is 0 Å². The Bertz CT molecular complexity index is 572. The van der Waals surface area contributed by atoms with Crippen LogP contribution in [0.5, 0.6) is 0 Å². The second-order valence-corrected chi connectivity index (χ2v) is 3.46. The minimum Gasteiger partial charge on any atom is -0.481 e. The number of rotatable bonds is 3. The molecule has 5 heteroatoms. The maximum absolute atomic E-state index is 11.3. The molecule has 0 saturated heterocycles. The van der Waals surface area contributed by atoms with Crippen molar-refractivity contribution in [3.05, 3.63) is 35.5 Å². The van der Waals surface area contributed by atoms with Crippen molar-refractivity contribution in [3.8, 4) is 0 Å². The van der Waals surface area contributed by atoms with E-state index >= 15 is 0 Å². The highest BCUT2D eigenvalue weighted by atomic mass is 16.4. The van der Waals surface area contributed by atoms with E-state index in [1.165, 1.54) is 0 Å². The van der Waals surface area contributed by atoms with E-state index in [9.17, 15) is 9.59 Å². The monoisotopic (exact) mass is 218 g/mol. The molecule has 0 spiro atoms. The molecule has 1 aromatic heterocycles. The summed E-state index contributed by atoms with van der Waals surface area (Å²) in [5, 5.41) is 9.38. The molecule has 0 bridgehead atoms. The summed E-state index contributed by atoms with van der Waals surface area (Å²) in [4.78, 5) is 24.8. The van der Waals surface area contributed by atoms with E-state index in [2.05, 4.69) is 4.98 Å². The van der Waals surface area contributed by atoms with E-state index < -0.39 is 11.9 Å². The molecule has 2 rings (SSSR count). The van der Waals surface area contributed by atoms with Crippen molar-refractivity contribution in [2.45, 2.75) is 6.42 Å². The Balaban J connectivity index is 2.68. The van der Waals surface area contributed by atoms with E-state index in [1.807, 2.05) is 0 Å². The van der Waals surface area contributed by atoms with Crippen LogP contribution >= 0.6 is 0 Å². The third-order valence-electron chi connectivity index (χ3n) is 2.36. The molecule has 1 aromatic carbocycles. The van der Waals surface area contributed by atoms with Gasteiger partial charge in [-0.05, 0) is 6.07 Å². The van der Waals surface area contributed by atoms with Crippen LogP contribution in [-0.4, -0.2) is 22.0 Å². The lowest BCUT2D eigenvalue weighted by Crippen LogP contribution is -2.14. The molecular formula is C11H10N2O3. The highest BCUT2D eigenvalue weighted by molar-refractivity contribution is 6.08. The zero-order valence-electron chi connectivity index (χ0n) is 8.36. The fourth-order valence-corrected chi connectivity index (χ4v) is 1.76. The van der Waals surface area contributed by atoms with Crippen LogP contribution in [0.15, 0.2) is 24.3 Å². The number of amides is 1. The molecule has 0 aliphatic carbocycles. The third-order valence-corrected chi connectivity index (χ3v) is 2.36. The van der Waals surface area contributed by atoms with Gasteiger partial charge in [0, 0.05) is 16.6 Å². The van der Waals surface area contributed by atoms with Crippen molar-refractivity contribution in [2.24, 2.45) is 5.73 Å². The molecule has 5 nitrogen and oxygen atoms in total. The molecule has 2 aromatic rings. The van der Waals surface area contributed by atoms with Gasteiger partial charge in [0.2, 0.25) is 0 Å². The second kappa shape index (κ2) is 3.69. The Labute approximate surface area is 90.9 Å². The third kappa shape index (κ3) is 1.63. The number of benzene rings is 1. The number of primary amides is 1. The van der Waals surface area contributed by atoms with Crippen LogP contribution < -0.4 is 5.73 Å². The summed E-state index contributed by atoms with van der Waals surface area (Å²) in [6.45, 7) is 0. The van der Waals surface area contributed by atoms with Gasteiger partial charge >= 0.3 is 5.97 Å². The number of hydrogen-bond donors (Lipinski definition) is 3. The Morgan fingerprint density at radius 3 is 2.62 bits per heavy atom.